The minimum absolute atomic E-state index is 0.339. The van der Waals surface area contributed by atoms with E-state index in [0.717, 1.165) is 24.4 Å². The van der Waals surface area contributed by atoms with Gasteiger partial charge in [-0.25, -0.2) is 4.79 Å². The van der Waals surface area contributed by atoms with Crippen molar-refractivity contribution in [1.82, 2.24) is 0 Å². The highest BCUT2D eigenvalue weighted by molar-refractivity contribution is 5.87. The molecule has 0 amide bonds. The first-order valence-electron chi connectivity index (χ1n) is 8.02. The van der Waals surface area contributed by atoms with Gasteiger partial charge in [0.2, 0.25) is 0 Å². The summed E-state index contributed by atoms with van der Waals surface area (Å²) in [4.78, 5) is 13.1. The molecular weight excluding hydrogens is 302 g/mol. The van der Waals surface area contributed by atoms with Crippen molar-refractivity contribution in [2.75, 3.05) is 27.3 Å². The second-order valence-corrected chi connectivity index (χ2v) is 5.61. The number of ether oxygens (including phenoxy) is 2. The van der Waals surface area contributed by atoms with Gasteiger partial charge in [0, 0.05) is 17.2 Å². The molecule has 0 radical (unpaired) electrons. The van der Waals surface area contributed by atoms with Crippen LogP contribution in [0.25, 0.3) is 6.08 Å². The maximum Gasteiger partial charge on any atom is 0.330 e. The molecule has 2 aromatic carbocycles. The van der Waals surface area contributed by atoms with Crippen molar-refractivity contribution >= 4 is 12.0 Å². The minimum atomic E-state index is -0.339. The van der Waals surface area contributed by atoms with Crippen molar-refractivity contribution in [3.8, 4) is 5.75 Å². The van der Waals surface area contributed by atoms with Crippen LogP contribution in [-0.2, 0) is 16.1 Å². The minimum Gasteiger partial charge on any atom is -0.496 e. The third-order valence-electron chi connectivity index (χ3n) is 3.66. The molecule has 0 saturated heterocycles. The predicted octanol–water partition coefficient (Wildman–Crippen LogP) is 1.97. The predicted molar refractivity (Wildman–Crippen MR) is 94.9 cm³/mol. The third-order valence-corrected chi connectivity index (χ3v) is 3.66. The van der Waals surface area contributed by atoms with E-state index in [1.165, 1.54) is 16.5 Å². The number of hydrogen-bond acceptors (Lipinski definition) is 3. The van der Waals surface area contributed by atoms with E-state index in [2.05, 4.69) is 19.2 Å². The molecule has 0 aromatic heterocycles. The van der Waals surface area contributed by atoms with Crippen LogP contribution in [0.2, 0.25) is 0 Å². The quantitative estimate of drug-likeness (QED) is 0.595. The normalized spacial score (nSPS) is 12.1. The Morgan fingerprint density at radius 3 is 2.54 bits per heavy atom. The molecule has 2 aromatic rings. The second-order valence-electron chi connectivity index (χ2n) is 5.61. The van der Waals surface area contributed by atoms with Crippen molar-refractivity contribution in [3.63, 3.8) is 0 Å². The van der Waals surface area contributed by atoms with Crippen molar-refractivity contribution in [2.24, 2.45) is 0 Å². The average Bonchev–Trinajstić information content (AvgIpc) is 2.61. The molecular formula is C20H24NO3+. The Bertz CT molecular complexity index is 668. The molecule has 0 fully saturated rings. The highest BCUT2D eigenvalue weighted by Gasteiger charge is 2.05. The van der Waals surface area contributed by atoms with Gasteiger partial charge in [-0.2, -0.15) is 0 Å². The fraction of sp³-hybridized carbons (Fsp3) is 0.250. The van der Waals surface area contributed by atoms with Gasteiger partial charge in [-0.1, -0.05) is 48.5 Å². The lowest BCUT2D eigenvalue weighted by atomic mass is 10.2. The molecule has 0 aliphatic carbocycles. The molecule has 4 nitrogen and oxygen atoms in total. The molecule has 0 aliphatic heterocycles. The lowest BCUT2D eigenvalue weighted by molar-refractivity contribution is -0.893. The number of benzene rings is 2. The van der Waals surface area contributed by atoms with Gasteiger partial charge < -0.3 is 14.4 Å². The molecule has 0 aliphatic rings. The number of carbonyl (C=O) groups is 1. The van der Waals surface area contributed by atoms with Crippen LogP contribution >= 0.6 is 0 Å². The van der Waals surface area contributed by atoms with E-state index in [-0.39, 0.29) is 5.97 Å². The molecule has 1 N–H and O–H groups in total. The summed E-state index contributed by atoms with van der Waals surface area (Å²) < 4.78 is 10.5. The Hall–Kier alpha value is -2.59. The number of quaternary nitrogens is 1. The smallest absolute Gasteiger partial charge is 0.330 e. The summed E-state index contributed by atoms with van der Waals surface area (Å²) in [7, 11) is 3.70. The van der Waals surface area contributed by atoms with Gasteiger partial charge in [-0.15, -0.1) is 0 Å². The molecule has 126 valence electrons. The molecule has 2 rings (SSSR count). The Kier molecular flexibility index (Phi) is 7.05. The molecule has 0 bridgehead atoms. The lowest BCUT2D eigenvalue weighted by Gasteiger charge is -2.13. The largest absolute Gasteiger partial charge is 0.496 e. The Morgan fingerprint density at radius 2 is 1.79 bits per heavy atom. The van der Waals surface area contributed by atoms with Crippen molar-refractivity contribution < 1.29 is 19.2 Å². The van der Waals surface area contributed by atoms with Crippen LogP contribution in [0.4, 0.5) is 0 Å². The lowest BCUT2D eigenvalue weighted by Crippen LogP contribution is -3.08. The number of rotatable bonds is 8. The number of hydrogen-bond donors (Lipinski definition) is 1. The molecule has 4 heteroatoms. The van der Waals surface area contributed by atoms with E-state index in [9.17, 15) is 4.79 Å². The standard InChI is InChI=1S/C20H23NO3/c1-21(16-17-8-4-3-5-9-17)14-15-24-20(22)13-12-18-10-6-7-11-19(18)23-2/h3-13H,14-16H2,1-2H3/p+1/b13-12+. The van der Waals surface area contributed by atoms with Crippen molar-refractivity contribution in [2.45, 2.75) is 6.54 Å². The summed E-state index contributed by atoms with van der Waals surface area (Å²) in [6.45, 7) is 2.08. The van der Waals surface area contributed by atoms with Gasteiger partial charge in [0.15, 0.2) is 0 Å². The molecule has 1 unspecified atom stereocenters. The number of nitrogens with one attached hydrogen (secondary N) is 1. The first kappa shape index (κ1) is 17.8. The van der Waals surface area contributed by atoms with Crippen LogP contribution in [0, 0.1) is 0 Å². The van der Waals surface area contributed by atoms with Crippen LogP contribution in [-0.4, -0.2) is 33.3 Å². The molecule has 1 atom stereocenters. The van der Waals surface area contributed by atoms with Gasteiger partial charge in [0.05, 0.1) is 14.2 Å². The van der Waals surface area contributed by atoms with Crippen molar-refractivity contribution in [1.29, 1.82) is 0 Å². The number of methoxy groups -OCH3 is 1. The maximum absolute atomic E-state index is 11.8. The number of likely N-dealkylation sites (N-methyl/N-ethyl adjacent to an activating group) is 1. The summed E-state index contributed by atoms with van der Waals surface area (Å²) >= 11 is 0. The Labute approximate surface area is 143 Å². The molecule has 24 heavy (non-hydrogen) atoms. The zero-order valence-corrected chi connectivity index (χ0v) is 14.2. The highest BCUT2D eigenvalue weighted by Crippen LogP contribution is 2.18. The third kappa shape index (κ3) is 5.89. The van der Waals surface area contributed by atoms with E-state index in [1.54, 1.807) is 13.2 Å². The zero-order valence-electron chi connectivity index (χ0n) is 14.2. The maximum atomic E-state index is 11.8. The number of esters is 1. The van der Waals surface area contributed by atoms with Gasteiger partial charge in [0.25, 0.3) is 0 Å². The van der Waals surface area contributed by atoms with E-state index < -0.39 is 0 Å². The van der Waals surface area contributed by atoms with Crippen LogP contribution in [0.15, 0.2) is 60.7 Å². The summed E-state index contributed by atoms with van der Waals surface area (Å²) in [5.74, 6) is 0.391. The van der Waals surface area contributed by atoms with E-state index in [1.807, 2.05) is 42.5 Å². The molecule has 0 spiro atoms. The van der Waals surface area contributed by atoms with Gasteiger partial charge in [-0.05, 0) is 12.1 Å². The van der Waals surface area contributed by atoms with E-state index in [0.29, 0.717) is 6.61 Å². The second kappa shape index (κ2) is 9.53. The summed E-state index contributed by atoms with van der Waals surface area (Å²) in [5.41, 5.74) is 2.13. The zero-order chi connectivity index (χ0) is 17.2. The Morgan fingerprint density at radius 1 is 1.08 bits per heavy atom. The van der Waals surface area contributed by atoms with Crippen LogP contribution in [0.5, 0.6) is 5.75 Å². The SMILES string of the molecule is COc1ccccc1/C=C/C(=O)OCC[NH+](C)Cc1ccccc1. The van der Waals surface area contributed by atoms with E-state index >= 15 is 0 Å². The summed E-state index contributed by atoms with van der Waals surface area (Å²) in [5, 5.41) is 0. The molecule has 0 heterocycles. The summed E-state index contributed by atoms with van der Waals surface area (Å²) in [6.07, 6.45) is 3.14. The fourth-order valence-corrected chi connectivity index (χ4v) is 2.37. The van der Waals surface area contributed by atoms with Gasteiger partial charge >= 0.3 is 5.97 Å². The Balaban J connectivity index is 1.74. The highest BCUT2D eigenvalue weighted by atomic mass is 16.5. The van der Waals surface area contributed by atoms with Gasteiger partial charge in [0.1, 0.15) is 25.4 Å². The van der Waals surface area contributed by atoms with Crippen molar-refractivity contribution in [3.05, 3.63) is 71.8 Å². The first-order chi connectivity index (χ1) is 11.7. The van der Waals surface area contributed by atoms with Crippen LogP contribution in [0.1, 0.15) is 11.1 Å². The first-order valence-corrected chi connectivity index (χ1v) is 8.02. The monoisotopic (exact) mass is 326 g/mol. The van der Waals surface area contributed by atoms with E-state index in [4.69, 9.17) is 9.47 Å². The summed E-state index contributed by atoms with van der Waals surface area (Å²) in [6, 6.07) is 17.8. The average molecular weight is 326 g/mol. The topological polar surface area (TPSA) is 40.0 Å². The van der Waals surface area contributed by atoms with Gasteiger partial charge in [-0.3, -0.25) is 0 Å². The number of carbonyl (C=O) groups excluding carboxylic acids is 1. The number of para-hydroxylation sites is 1. The molecule has 0 saturated carbocycles. The fourth-order valence-electron chi connectivity index (χ4n) is 2.37. The van der Waals surface area contributed by atoms with Crippen LogP contribution in [0.3, 0.4) is 0 Å². The van der Waals surface area contributed by atoms with Crippen LogP contribution < -0.4 is 9.64 Å².